The molecule has 1 aliphatic heterocycles. The van der Waals surface area contributed by atoms with Gasteiger partial charge in [0.25, 0.3) is 0 Å². The zero-order chi connectivity index (χ0) is 23.7. The first-order valence-corrected chi connectivity index (χ1v) is 11.3. The molecule has 0 atom stereocenters. The van der Waals surface area contributed by atoms with Gasteiger partial charge in [-0.15, -0.1) is 0 Å². The first-order chi connectivity index (χ1) is 16.5. The number of primary amides is 1. The average Bonchev–Trinajstić information content (AvgIpc) is 3.26. The molecule has 3 N–H and O–H groups in total. The van der Waals surface area contributed by atoms with Crippen LogP contribution < -0.4 is 16.0 Å². The summed E-state index contributed by atoms with van der Waals surface area (Å²) in [6.45, 7) is 7.48. The van der Waals surface area contributed by atoms with Crippen LogP contribution in [0, 0.1) is 0 Å². The summed E-state index contributed by atoms with van der Waals surface area (Å²) >= 11 is 0. The van der Waals surface area contributed by atoms with E-state index in [-0.39, 0.29) is 6.04 Å². The number of rotatable bonds is 6. The number of fused-ring (bicyclic) bond motifs is 1. The van der Waals surface area contributed by atoms with Crippen LogP contribution in [-0.4, -0.2) is 51.7 Å². The van der Waals surface area contributed by atoms with Gasteiger partial charge < -0.3 is 25.3 Å². The highest BCUT2D eigenvalue weighted by Gasteiger charge is 2.20. The van der Waals surface area contributed by atoms with Gasteiger partial charge in [0.15, 0.2) is 17.0 Å². The fourth-order valence-electron chi connectivity index (χ4n) is 4.19. The lowest BCUT2D eigenvalue weighted by molar-refractivity contribution is 0.100. The van der Waals surface area contributed by atoms with Crippen LogP contribution in [0.25, 0.3) is 22.6 Å². The van der Waals surface area contributed by atoms with Crippen molar-refractivity contribution in [2.45, 2.75) is 19.9 Å². The molecular weight excluding hydrogens is 430 g/mol. The van der Waals surface area contributed by atoms with Crippen LogP contribution in [0.4, 0.5) is 17.2 Å². The van der Waals surface area contributed by atoms with Crippen LogP contribution in [0.3, 0.4) is 0 Å². The molecule has 0 radical (unpaired) electrons. The van der Waals surface area contributed by atoms with E-state index in [1.807, 2.05) is 24.3 Å². The number of nitrogens with zero attached hydrogens (tertiary/aromatic N) is 5. The molecule has 34 heavy (non-hydrogen) atoms. The Kier molecular flexibility index (Phi) is 5.85. The van der Waals surface area contributed by atoms with E-state index in [0.717, 1.165) is 49.0 Å². The quantitative estimate of drug-likeness (QED) is 0.453. The number of imidazole rings is 1. The van der Waals surface area contributed by atoms with Crippen LogP contribution in [-0.2, 0) is 4.74 Å². The highest BCUT2D eigenvalue weighted by molar-refractivity contribution is 5.93. The molecule has 0 spiro atoms. The monoisotopic (exact) mass is 457 g/mol. The summed E-state index contributed by atoms with van der Waals surface area (Å²) in [5, 5.41) is 3.40. The molecule has 0 unspecified atom stereocenters. The largest absolute Gasteiger partial charge is 0.378 e. The minimum absolute atomic E-state index is 0.117. The van der Waals surface area contributed by atoms with Crippen LogP contribution in [0.2, 0.25) is 0 Å². The average molecular weight is 458 g/mol. The van der Waals surface area contributed by atoms with Gasteiger partial charge in [0.2, 0.25) is 5.91 Å². The van der Waals surface area contributed by atoms with E-state index in [1.54, 1.807) is 18.5 Å². The summed E-state index contributed by atoms with van der Waals surface area (Å²) in [5.41, 5.74) is 10.2. The third-order valence-electron chi connectivity index (χ3n) is 5.93. The predicted octanol–water partition coefficient (Wildman–Crippen LogP) is 3.75. The maximum atomic E-state index is 11.5. The summed E-state index contributed by atoms with van der Waals surface area (Å²) in [7, 11) is 0. The number of hydrogen-bond donors (Lipinski definition) is 2. The summed E-state index contributed by atoms with van der Waals surface area (Å²) in [4.78, 5) is 27.7. The van der Waals surface area contributed by atoms with Crippen molar-refractivity contribution in [3.63, 3.8) is 0 Å². The van der Waals surface area contributed by atoms with Crippen LogP contribution in [0.15, 0.2) is 54.9 Å². The molecule has 3 heterocycles. The topological polar surface area (TPSA) is 111 Å². The number of anilines is 3. The van der Waals surface area contributed by atoms with E-state index in [9.17, 15) is 4.79 Å². The molecule has 2 aromatic heterocycles. The van der Waals surface area contributed by atoms with Gasteiger partial charge in [-0.2, -0.15) is 0 Å². The summed E-state index contributed by atoms with van der Waals surface area (Å²) < 4.78 is 7.52. The van der Waals surface area contributed by atoms with Crippen molar-refractivity contribution >= 4 is 34.3 Å². The first kappa shape index (κ1) is 21.8. The number of amides is 1. The van der Waals surface area contributed by atoms with Crippen molar-refractivity contribution in [3.05, 3.63) is 60.4 Å². The molecule has 0 saturated carbocycles. The summed E-state index contributed by atoms with van der Waals surface area (Å²) in [6, 6.07) is 15.5. The molecule has 2 aromatic carbocycles. The number of hydrogen-bond acceptors (Lipinski definition) is 7. The van der Waals surface area contributed by atoms with Crippen molar-refractivity contribution in [3.8, 4) is 11.4 Å². The highest BCUT2D eigenvalue weighted by Crippen LogP contribution is 2.31. The molecule has 174 valence electrons. The standard InChI is InChI=1S/C25H27N7O2/c1-16(2)32-24(18-5-3-17(4-6-18)22(26)33)30-21-23(27-15-28-25(21)32)29-19-7-9-20(10-8-19)31-11-13-34-14-12-31/h3-10,15-16H,11-14H2,1-2H3,(H2,26,33)(H,27,28,29). The van der Waals surface area contributed by atoms with Gasteiger partial charge in [-0.05, 0) is 50.2 Å². The van der Waals surface area contributed by atoms with Crippen LogP contribution >= 0.6 is 0 Å². The van der Waals surface area contributed by atoms with Gasteiger partial charge in [0.05, 0.1) is 13.2 Å². The molecule has 9 heteroatoms. The molecule has 0 bridgehead atoms. The number of carbonyl (C=O) groups excluding carboxylic acids is 1. The number of benzene rings is 2. The molecule has 9 nitrogen and oxygen atoms in total. The molecule has 1 fully saturated rings. The zero-order valence-electron chi connectivity index (χ0n) is 19.2. The number of nitrogens with two attached hydrogens (primary N) is 1. The van der Waals surface area contributed by atoms with Crippen molar-refractivity contribution in [1.29, 1.82) is 0 Å². The third kappa shape index (κ3) is 4.17. The van der Waals surface area contributed by atoms with Crippen molar-refractivity contribution in [2.75, 3.05) is 36.5 Å². The predicted molar refractivity (Wildman–Crippen MR) is 132 cm³/mol. The van der Waals surface area contributed by atoms with Crippen LogP contribution in [0.1, 0.15) is 30.2 Å². The lowest BCUT2D eigenvalue weighted by Gasteiger charge is -2.28. The Bertz CT molecular complexity index is 1310. The molecule has 1 saturated heterocycles. The van der Waals surface area contributed by atoms with Crippen molar-refractivity contribution in [2.24, 2.45) is 5.73 Å². The SMILES string of the molecule is CC(C)n1c(-c2ccc(C(N)=O)cc2)nc2c(Nc3ccc(N4CCOCC4)cc3)ncnc21. The molecule has 0 aliphatic carbocycles. The van der Waals surface area contributed by atoms with Crippen LogP contribution in [0.5, 0.6) is 0 Å². The number of nitrogens with one attached hydrogen (secondary N) is 1. The minimum Gasteiger partial charge on any atom is -0.378 e. The number of morpholine rings is 1. The Morgan fingerprint density at radius 3 is 2.38 bits per heavy atom. The van der Waals surface area contributed by atoms with E-state index < -0.39 is 5.91 Å². The summed E-state index contributed by atoms with van der Waals surface area (Å²) in [5.74, 6) is 0.937. The Balaban J connectivity index is 1.49. The van der Waals surface area contributed by atoms with Gasteiger partial charge in [0.1, 0.15) is 12.2 Å². The van der Waals surface area contributed by atoms with Gasteiger partial charge in [-0.25, -0.2) is 15.0 Å². The lowest BCUT2D eigenvalue weighted by Crippen LogP contribution is -2.36. The second kappa shape index (κ2) is 9.11. The highest BCUT2D eigenvalue weighted by atomic mass is 16.5. The Morgan fingerprint density at radius 2 is 1.74 bits per heavy atom. The lowest BCUT2D eigenvalue weighted by atomic mass is 10.1. The number of ether oxygens (including phenoxy) is 1. The second-order valence-electron chi connectivity index (χ2n) is 8.51. The summed E-state index contributed by atoms with van der Waals surface area (Å²) in [6.07, 6.45) is 1.55. The minimum atomic E-state index is -0.457. The van der Waals surface area contributed by atoms with Crippen molar-refractivity contribution in [1.82, 2.24) is 19.5 Å². The normalized spacial score (nSPS) is 14.0. The second-order valence-corrected chi connectivity index (χ2v) is 8.51. The van der Waals surface area contributed by atoms with Gasteiger partial charge in [0, 0.05) is 41.6 Å². The molecular formula is C25H27N7O2. The number of aromatic nitrogens is 4. The van der Waals surface area contributed by atoms with Crippen molar-refractivity contribution < 1.29 is 9.53 Å². The number of carbonyl (C=O) groups is 1. The third-order valence-corrected chi connectivity index (χ3v) is 5.93. The van der Waals surface area contributed by atoms with E-state index in [2.05, 4.69) is 50.7 Å². The zero-order valence-corrected chi connectivity index (χ0v) is 19.2. The smallest absolute Gasteiger partial charge is 0.248 e. The molecule has 5 rings (SSSR count). The van der Waals surface area contributed by atoms with E-state index in [0.29, 0.717) is 16.9 Å². The van der Waals surface area contributed by atoms with E-state index >= 15 is 0 Å². The molecule has 1 aliphatic rings. The van der Waals surface area contributed by atoms with Gasteiger partial charge >= 0.3 is 0 Å². The first-order valence-electron chi connectivity index (χ1n) is 11.3. The van der Waals surface area contributed by atoms with Gasteiger partial charge in [-0.1, -0.05) is 12.1 Å². The molecule has 1 amide bonds. The fraction of sp³-hybridized carbons (Fsp3) is 0.280. The van der Waals surface area contributed by atoms with Gasteiger partial charge in [-0.3, -0.25) is 4.79 Å². The Labute approximate surface area is 197 Å². The Hall–Kier alpha value is -3.98. The molecule has 4 aromatic rings. The Morgan fingerprint density at radius 1 is 1.03 bits per heavy atom. The van der Waals surface area contributed by atoms with E-state index in [1.165, 1.54) is 5.69 Å². The fourth-order valence-corrected chi connectivity index (χ4v) is 4.19. The maximum absolute atomic E-state index is 11.5. The maximum Gasteiger partial charge on any atom is 0.248 e. The van der Waals surface area contributed by atoms with E-state index in [4.69, 9.17) is 15.5 Å².